The second-order valence-corrected chi connectivity index (χ2v) is 11.8. The van der Waals surface area contributed by atoms with Crippen LogP contribution in [0, 0.1) is 0 Å². The van der Waals surface area contributed by atoms with Crippen molar-refractivity contribution in [2.75, 3.05) is 13.1 Å². The molecule has 1 fully saturated rings. The lowest BCUT2D eigenvalue weighted by Crippen LogP contribution is -2.45. The van der Waals surface area contributed by atoms with Gasteiger partial charge in [0, 0.05) is 18.1 Å². The van der Waals surface area contributed by atoms with Crippen molar-refractivity contribution in [3.8, 4) is 0 Å². The van der Waals surface area contributed by atoms with Crippen LogP contribution in [0.2, 0.25) is 35.2 Å². The van der Waals surface area contributed by atoms with Crippen LogP contribution < -0.4 is 0 Å². The Bertz CT molecular complexity index is 466. The van der Waals surface area contributed by atoms with Crippen molar-refractivity contribution in [2.45, 2.75) is 25.2 Å². The summed E-state index contributed by atoms with van der Waals surface area (Å²) in [7, 11) is -1.06. The van der Waals surface area contributed by atoms with Gasteiger partial charge in [0.15, 0.2) is 0 Å². The summed E-state index contributed by atoms with van der Waals surface area (Å²) in [5.74, 6) is 0.00648. The van der Waals surface area contributed by atoms with Gasteiger partial charge in [-0.2, -0.15) is 0 Å². The van der Waals surface area contributed by atoms with Crippen molar-refractivity contribution in [1.29, 1.82) is 0 Å². The normalized spacial score (nSPS) is 18.8. The van der Waals surface area contributed by atoms with Crippen LogP contribution in [0.5, 0.6) is 0 Å². The van der Waals surface area contributed by atoms with Gasteiger partial charge in [-0.05, 0) is 30.3 Å². The Labute approximate surface area is 119 Å². The van der Waals surface area contributed by atoms with Gasteiger partial charge in [0.2, 0.25) is 0 Å². The van der Waals surface area contributed by atoms with E-state index in [1.165, 1.54) is 0 Å². The maximum absolute atomic E-state index is 12.4. The molecule has 0 aromatic heterocycles. The molecular formula is C13H17Cl2NOSi. The molecule has 18 heavy (non-hydrogen) atoms. The van der Waals surface area contributed by atoms with E-state index < -0.39 is 8.07 Å². The minimum atomic E-state index is -1.06. The fourth-order valence-electron chi connectivity index (χ4n) is 2.15. The van der Waals surface area contributed by atoms with Crippen LogP contribution in [0.4, 0.5) is 0 Å². The third kappa shape index (κ3) is 3.08. The van der Waals surface area contributed by atoms with Gasteiger partial charge in [0.1, 0.15) is 0 Å². The summed E-state index contributed by atoms with van der Waals surface area (Å²) >= 11 is 12.0. The van der Waals surface area contributed by atoms with Crippen molar-refractivity contribution in [3.05, 3.63) is 33.8 Å². The van der Waals surface area contributed by atoms with Gasteiger partial charge >= 0.3 is 0 Å². The van der Waals surface area contributed by atoms with E-state index in [1.54, 1.807) is 18.2 Å². The Hall–Kier alpha value is -0.513. The molecule has 0 N–H and O–H groups in total. The highest BCUT2D eigenvalue weighted by Crippen LogP contribution is 2.26. The molecule has 2 rings (SSSR count). The van der Waals surface area contributed by atoms with Crippen molar-refractivity contribution in [3.63, 3.8) is 0 Å². The monoisotopic (exact) mass is 301 g/mol. The Balaban J connectivity index is 2.15. The Kier molecular flexibility index (Phi) is 4.04. The molecular weight excluding hydrogens is 285 g/mol. The highest BCUT2D eigenvalue weighted by Gasteiger charge is 2.30. The van der Waals surface area contributed by atoms with E-state index in [4.69, 9.17) is 23.2 Å². The Morgan fingerprint density at radius 3 is 2.44 bits per heavy atom. The van der Waals surface area contributed by atoms with Crippen LogP contribution in [-0.2, 0) is 0 Å². The molecule has 98 valence electrons. The number of hydrogen-bond donors (Lipinski definition) is 0. The molecule has 1 amide bonds. The van der Waals surface area contributed by atoms with Crippen LogP contribution >= 0.6 is 23.2 Å². The number of amides is 1. The van der Waals surface area contributed by atoms with Crippen molar-refractivity contribution in [2.24, 2.45) is 0 Å². The topological polar surface area (TPSA) is 20.3 Å². The minimum Gasteiger partial charge on any atom is -0.339 e. The number of nitrogens with zero attached hydrogens (tertiary/aromatic N) is 1. The van der Waals surface area contributed by atoms with Gasteiger partial charge in [-0.1, -0.05) is 36.3 Å². The van der Waals surface area contributed by atoms with Crippen LogP contribution in [0.3, 0.4) is 0 Å². The lowest BCUT2D eigenvalue weighted by Gasteiger charge is -2.35. The second-order valence-electron chi connectivity index (χ2n) is 5.58. The summed E-state index contributed by atoms with van der Waals surface area (Å²) in [6, 6.07) is 7.36. The molecule has 2 nitrogen and oxygen atoms in total. The first-order chi connectivity index (χ1) is 8.39. The van der Waals surface area contributed by atoms with E-state index >= 15 is 0 Å². The first-order valence-electron chi connectivity index (χ1n) is 6.13. The van der Waals surface area contributed by atoms with Gasteiger partial charge < -0.3 is 4.90 Å². The molecule has 5 heteroatoms. The SMILES string of the molecule is C[Si]1(C)CCN(C(=O)c2cc(Cl)ccc2Cl)CC1. The van der Waals surface area contributed by atoms with Crippen LogP contribution in [-0.4, -0.2) is 32.0 Å². The highest BCUT2D eigenvalue weighted by atomic mass is 35.5. The van der Waals surface area contributed by atoms with E-state index in [0.717, 1.165) is 25.2 Å². The van der Waals surface area contributed by atoms with Crippen molar-refractivity contribution in [1.82, 2.24) is 4.90 Å². The van der Waals surface area contributed by atoms with Gasteiger partial charge in [0.05, 0.1) is 18.7 Å². The summed E-state index contributed by atoms with van der Waals surface area (Å²) in [5, 5.41) is 1.03. The van der Waals surface area contributed by atoms with E-state index in [9.17, 15) is 4.79 Å². The largest absolute Gasteiger partial charge is 0.339 e. The average molecular weight is 302 g/mol. The summed E-state index contributed by atoms with van der Waals surface area (Å²) in [4.78, 5) is 14.3. The van der Waals surface area contributed by atoms with Gasteiger partial charge in [-0.3, -0.25) is 4.79 Å². The molecule has 0 bridgehead atoms. The molecule has 1 saturated heterocycles. The fraction of sp³-hybridized carbons (Fsp3) is 0.462. The van der Waals surface area contributed by atoms with Crippen LogP contribution in [0.15, 0.2) is 18.2 Å². The maximum atomic E-state index is 12.4. The molecule has 0 radical (unpaired) electrons. The number of hydrogen-bond acceptors (Lipinski definition) is 1. The molecule has 0 unspecified atom stereocenters. The predicted molar refractivity (Wildman–Crippen MR) is 79.5 cm³/mol. The zero-order chi connectivity index (χ0) is 13.3. The van der Waals surface area contributed by atoms with Gasteiger partial charge in [-0.25, -0.2) is 0 Å². The van der Waals surface area contributed by atoms with E-state index in [-0.39, 0.29) is 5.91 Å². The fourth-order valence-corrected chi connectivity index (χ4v) is 4.52. The molecule has 1 aliphatic heterocycles. The standard InChI is InChI=1S/C13H17Cl2NOSi/c1-18(2)7-5-16(6-8-18)13(17)11-9-10(14)3-4-12(11)15/h3-4,9H,5-8H2,1-2H3. The minimum absolute atomic E-state index is 0.00648. The van der Waals surface area contributed by atoms with Crippen LogP contribution in [0.25, 0.3) is 0 Å². The Morgan fingerprint density at radius 2 is 1.83 bits per heavy atom. The summed E-state index contributed by atoms with van der Waals surface area (Å²) in [6.45, 7) is 6.45. The molecule has 1 aromatic rings. The van der Waals surface area contributed by atoms with E-state index in [0.29, 0.717) is 15.6 Å². The lowest BCUT2D eigenvalue weighted by atomic mass is 10.2. The molecule has 0 atom stereocenters. The zero-order valence-corrected chi connectivity index (χ0v) is 13.2. The number of carbonyl (C=O) groups is 1. The van der Waals surface area contributed by atoms with Gasteiger partial charge in [0.25, 0.3) is 5.91 Å². The molecule has 1 aromatic carbocycles. The maximum Gasteiger partial charge on any atom is 0.255 e. The second kappa shape index (κ2) is 5.23. The molecule has 1 heterocycles. The number of halogens is 2. The molecule has 1 aliphatic rings. The average Bonchev–Trinajstić information content (AvgIpc) is 2.31. The summed E-state index contributed by atoms with van der Waals surface area (Å²) in [5.41, 5.74) is 0.519. The number of benzene rings is 1. The number of rotatable bonds is 1. The lowest BCUT2D eigenvalue weighted by molar-refractivity contribution is 0.0765. The van der Waals surface area contributed by atoms with E-state index in [1.807, 2.05) is 4.90 Å². The van der Waals surface area contributed by atoms with Crippen molar-refractivity contribution < 1.29 is 4.79 Å². The predicted octanol–water partition coefficient (Wildman–Crippen LogP) is 4.16. The van der Waals surface area contributed by atoms with Crippen LogP contribution in [0.1, 0.15) is 10.4 Å². The summed E-state index contributed by atoms with van der Waals surface area (Å²) in [6.07, 6.45) is 0. The first-order valence-corrected chi connectivity index (χ1v) is 10.3. The van der Waals surface area contributed by atoms with Crippen molar-refractivity contribution >= 4 is 37.2 Å². The molecule has 0 aliphatic carbocycles. The first kappa shape index (κ1) is 13.9. The molecule has 0 saturated carbocycles. The van der Waals surface area contributed by atoms with Gasteiger partial charge in [-0.15, -0.1) is 0 Å². The highest BCUT2D eigenvalue weighted by molar-refractivity contribution is 6.77. The third-order valence-electron chi connectivity index (χ3n) is 3.56. The third-order valence-corrected chi connectivity index (χ3v) is 7.28. The quantitative estimate of drug-likeness (QED) is 0.713. The van der Waals surface area contributed by atoms with E-state index in [2.05, 4.69) is 13.1 Å². The smallest absolute Gasteiger partial charge is 0.255 e. The molecule has 0 spiro atoms. The zero-order valence-electron chi connectivity index (χ0n) is 10.7. The Morgan fingerprint density at radius 1 is 1.22 bits per heavy atom. The number of carbonyl (C=O) groups excluding carboxylic acids is 1. The summed E-state index contributed by atoms with van der Waals surface area (Å²) < 4.78 is 0.